The summed E-state index contributed by atoms with van der Waals surface area (Å²) < 4.78 is 51.5. The Kier molecular flexibility index (Phi) is 15.2. The monoisotopic (exact) mass is 830 g/mol. The molecule has 0 saturated heterocycles. The van der Waals surface area contributed by atoms with Crippen molar-refractivity contribution in [2.75, 3.05) is 33.4 Å². The molecule has 13 nitrogen and oxygen atoms in total. The fraction of sp³-hybridized carbons (Fsp3) is 0.133. The third kappa shape index (κ3) is 11.7. The Hall–Kier alpha value is -8.05. The molecule has 0 saturated carbocycles. The molecule has 0 amide bonds. The number of nitrogens with zero attached hydrogens (tertiary/aromatic N) is 7. The molecule has 3 aromatic rings. The lowest BCUT2D eigenvalue weighted by atomic mass is 9.90. The Morgan fingerprint density at radius 2 is 1.38 bits per heavy atom. The number of sulfonamides is 2. The summed E-state index contributed by atoms with van der Waals surface area (Å²) in [7, 11) is -7.11. The largest absolute Gasteiger partial charge is 0.341 e. The number of nitriles is 5. The third-order valence-electron chi connectivity index (χ3n) is 8.71. The van der Waals surface area contributed by atoms with Crippen molar-refractivity contribution in [2.24, 2.45) is 0 Å². The predicted octanol–water partition coefficient (Wildman–Crippen LogP) is 8.25. The van der Waals surface area contributed by atoms with Gasteiger partial charge in [-0.15, -0.1) is 29.3 Å². The van der Waals surface area contributed by atoms with Crippen LogP contribution >= 0.6 is 0 Å². The van der Waals surface area contributed by atoms with Crippen LogP contribution in [0.3, 0.4) is 0 Å². The van der Waals surface area contributed by atoms with Gasteiger partial charge in [0.1, 0.15) is 0 Å². The molecule has 60 heavy (non-hydrogen) atoms. The van der Waals surface area contributed by atoms with Crippen molar-refractivity contribution in [3.8, 4) is 30.3 Å². The van der Waals surface area contributed by atoms with Crippen LogP contribution in [-0.4, -0.2) is 35.9 Å². The molecule has 298 valence electrons. The zero-order chi connectivity index (χ0) is 43.9. The zero-order valence-electron chi connectivity index (χ0n) is 32.7. The highest BCUT2D eigenvalue weighted by Gasteiger charge is 2.24. The molecule has 0 aliphatic heterocycles. The standard InChI is InChI=1S/C45H36N9O4S2/c1-5-54(41-15-7-6-8-16-41)45-34(11-9-13-36(27-46)43(38(29-48)30-49)32-19-23-39(24-20-32)52-59(3,55)56)17-18-35(45)12-10-14-37(28-47)44(42(31-50)51-2)33-21-25-40(26-22-33)53-60(4,57)58/h6-16,19-26,52-53H,5,17-18H2,1,3-4H3/q-1/b12-10+,13-9+,34-11+,37-14+,43-36-,44-42+. The zero-order valence-corrected chi connectivity index (χ0v) is 34.3. The maximum Gasteiger partial charge on any atom is 0.270 e. The normalized spacial score (nSPS) is 14.5. The van der Waals surface area contributed by atoms with E-state index in [0.717, 1.165) is 35.0 Å². The molecule has 0 aromatic heterocycles. The molecule has 15 heteroatoms. The van der Waals surface area contributed by atoms with Crippen molar-refractivity contribution in [3.63, 3.8) is 0 Å². The molecule has 0 heterocycles. The highest BCUT2D eigenvalue weighted by atomic mass is 32.2. The summed E-state index contributed by atoms with van der Waals surface area (Å²) in [5.41, 5.74) is 4.79. The summed E-state index contributed by atoms with van der Waals surface area (Å²) in [6.07, 6.45) is 13.3. The number of benzene rings is 3. The van der Waals surface area contributed by atoms with Crippen LogP contribution in [0.5, 0.6) is 0 Å². The molecule has 0 unspecified atom stereocenters. The minimum absolute atomic E-state index is 0.0308. The lowest BCUT2D eigenvalue weighted by Gasteiger charge is -2.27. The lowest BCUT2D eigenvalue weighted by Crippen LogP contribution is -2.22. The number of nitrogens with one attached hydrogen (secondary N) is 2. The van der Waals surface area contributed by atoms with Gasteiger partial charge in [0.05, 0.1) is 36.8 Å². The van der Waals surface area contributed by atoms with Crippen molar-refractivity contribution >= 4 is 48.3 Å². The van der Waals surface area contributed by atoms with Crippen LogP contribution in [0.25, 0.3) is 16.0 Å². The van der Waals surface area contributed by atoms with E-state index in [1.165, 1.54) is 60.7 Å². The van der Waals surface area contributed by atoms with Gasteiger partial charge in [-0.2, -0.15) is 5.26 Å². The van der Waals surface area contributed by atoms with Gasteiger partial charge in [0.25, 0.3) is 5.70 Å². The van der Waals surface area contributed by atoms with Gasteiger partial charge in [-0.1, -0.05) is 54.6 Å². The van der Waals surface area contributed by atoms with Crippen molar-refractivity contribution in [1.29, 1.82) is 26.3 Å². The first kappa shape index (κ1) is 44.7. The van der Waals surface area contributed by atoms with Crippen LogP contribution in [0.2, 0.25) is 0 Å². The van der Waals surface area contributed by atoms with E-state index in [1.54, 1.807) is 12.2 Å². The van der Waals surface area contributed by atoms with Crippen molar-refractivity contribution in [1.82, 2.24) is 0 Å². The number of allylic oxidation sites excluding steroid dienone is 13. The van der Waals surface area contributed by atoms with Gasteiger partial charge in [0.2, 0.25) is 20.0 Å². The first-order chi connectivity index (χ1) is 28.7. The van der Waals surface area contributed by atoms with Gasteiger partial charge in [-0.3, -0.25) is 9.44 Å². The molecule has 0 fully saturated rings. The number of hydrogen-bond donors (Lipinski definition) is 2. The van der Waals surface area contributed by atoms with Gasteiger partial charge in [0.15, 0.2) is 0 Å². The molecule has 0 radical (unpaired) electrons. The van der Waals surface area contributed by atoms with Gasteiger partial charge in [0, 0.05) is 59.0 Å². The molecule has 1 aliphatic carbocycles. The second kappa shape index (κ2) is 20.4. The van der Waals surface area contributed by atoms with E-state index in [0.29, 0.717) is 30.5 Å². The van der Waals surface area contributed by atoms with E-state index in [9.17, 15) is 43.1 Å². The molecular formula is C45H36N9O4S2-. The molecule has 0 atom stereocenters. The molecule has 2 N–H and O–H groups in total. The predicted molar refractivity (Wildman–Crippen MR) is 232 cm³/mol. The summed E-state index contributed by atoms with van der Waals surface area (Å²) in [6.45, 7) is 10.2. The highest BCUT2D eigenvalue weighted by molar-refractivity contribution is 7.92. The fourth-order valence-electron chi connectivity index (χ4n) is 6.30. The second-order valence-electron chi connectivity index (χ2n) is 12.9. The van der Waals surface area contributed by atoms with Crippen molar-refractivity contribution < 1.29 is 16.8 Å². The van der Waals surface area contributed by atoms with E-state index in [-0.39, 0.29) is 45.3 Å². The topological polar surface area (TPSA) is 219 Å². The van der Waals surface area contributed by atoms with Crippen molar-refractivity contribution in [2.45, 2.75) is 19.8 Å². The third-order valence-corrected chi connectivity index (χ3v) is 9.92. The molecule has 3 aromatic carbocycles. The van der Waals surface area contributed by atoms with Crippen LogP contribution in [-0.2, 0) is 20.0 Å². The average Bonchev–Trinajstić information content (AvgIpc) is 3.61. The number of likely N-dealkylation sites (N-methyl/N-ethyl adjacent to an activating group) is 1. The van der Waals surface area contributed by atoms with E-state index >= 15 is 0 Å². The van der Waals surface area contributed by atoms with Crippen LogP contribution in [0.15, 0.2) is 149 Å². The first-order valence-electron chi connectivity index (χ1n) is 17.9. The summed E-state index contributed by atoms with van der Waals surface area (Å²) in [5.74, 6) is -0.301. The highest BCUT2D eigenvalue weighted by Crippen LogP contribution is 2.38. The minimum atomic E-state index is -3.55. The van der Waals surface area contributed by atoms with Gasteiger partial charge >= 0.3 is 0 Å². The maximum absolute atomic E-state index is 11.7. The van der Waals surface area contributed by atoms with Gasteiger partial charge in [-0.25, -0.2) is 42.7 Å². The molecule has 0 spiro atoms. The SMILES string of the molecule is [C-]#[N+]/C(C#N)=C(/C(C#N)=C/C=C/C1=C(N(CC)c2ccccc2)C(=C/C=C/C(C#N)=C(\c2ccc(NS(C)(=O)=O)cc2)[C-](C#N)C#N)/CC1)c1ccc(NS(C)(=O)=O)cc1. The Morgan fingerprint density at radius 3 is 1.87 bits per heavy atom. The molecule has 0 bridgehead atoms. The number of rotatable bonds is 15. The summed E-state index contributed by atoms with van der Waals surface area (Å²) in [6, 6.07) is 31.4. The number of anilines is 3. The number of para-hydroxylation sites is 1. The minimum Gasteiger partial charge on any atom is -0.341 e. The lowest BCUT2D eigenvalue weighted by molar-refractivity contribution is 0.605. The van der Waals surface area contributed by atoms with Crippen LogP contribution in [0.1, 0.15) is 30.9 Å². The van der Waals surface area contributed by atoms with Crippen molar-refractivity contribution in [3.05, 3.63) is 177 Å². The Balaban J connectivity index is 1.82. The smallest absolute Gasteiger partial charge is 0.270 e. The van der Waals surface area contributed by atoms with E-state index in [1.807, 2.05) is 67.6 Å². The Bertz CT molecular complexity index is 2820. The van der Waals surface area contributed by atoms with Gasteiger partial charge < -0.3 is 4.90 Å². The Morgan fingerprint density at radius 1 is 0.800 bits per heavy atom. The quantitative estimate of drug-likeness (QED) is 0.0848. The van der Waals surface area contributed by atoms with E-state index < -0.39 is 20.0 Å². The van der Waals surface area contributed by atoms with Crippen LogP contribution in [0, 0.1) is 69.1 Å². The second-order valence-corrected chi connectivity index (χ2v) is 16.4. The van der Waals surface area contributed by atoms with E-state index in [4.69, 9.17) is 6.57 Å². The average molecular weight is 831 g/mol. The van der Waals surface area contributed by atoms with Gasteiger partial charge in [-0.05, 0) is 84.5 Å². The molecule has 4 rings (SSSR count). The number of hydrogen-bond acceptors (Lipinski definition) is 10. The van der Waals surface area contributed by atoms with Crippen LogP contribution < -0.4 is 14.3 Å². The summed E-state index contributed by atoms with van der Waals surface area (Å²) in [5, 5.41) is 49.9. The summed E-state index contributed by atoms with van der Waals surface area (Å²) in [4.78, 5) is 5.48. The summed E-state index contributed by atoms with van der Waals surface area (Å²) >= 11 is 0. The Labute approximate surface area is 351 Å². The fourth-order valence-corrected chi connectivity index (χ4v) is 7.43. The molecule has 1 aliphatic rings. The van der Waals surface area contributed by atoms with E-state index in [2.05, 4.69) is 31.3 Å². The molecular weight excluding hydrogens is 795 g/mol. The first-order valence-corrected chi connectivity index (χ1v) is 21.7. The van der Waals surface area contributed by atoms with Crippen LogP contribution in [0.4, 0.5) is 17.1 Å². The maximum atomic E-state index is 11.7.